The minimum atomic E-state index is -0.183. The largest absolute Gasteiger partial charge is 0.294 e. The highest BCUT2D eigenvalue weighted by Crippen LogP contribution is 2.44. The lowest BCUT2D eigenvalue weighted by Crippen LogP contribution is -2.40. The summed E-state index contributed by atoms with van der Waals surface area (Å²) in [6.45, 7) is 0. The summed E-state index contributed by atoms with van der Waals surface area (Å²) >= 11 is 12.3. The zero-order valence-electron chi connectivity index (χ0n) is 14.0. The Morgan fingerprint density at radius 3 is 2.31 bits per heavy atom. The second-order valence-corrected chi connectivity index (χ2v) is 7.53. The van der Waals surface area contributed by atoms with E-state index < -0.39 is 0 Å². The fraction of sp³-hybridized carbons (Fsp3) is 0.238. The van der Waals surface area contributed by atoms with Gasteiger partial charge in [-0.3, -0.25) is 14.5 Å². The van der Waals surface area contributed by atoms with Crippen LogP contribution in [0.15, 0.2) is 59.8 Å². The molecule has 0 bridgehead atoms. The zero-order valence-corrected chi connectivity index (χ0v) is 15.6. The van der Waals surface area contributed by atoms with Crippen molar-refractivity contribution in [3.05, 3.63) is 75.4 Å². The first kappa shape index (κ1) is 17.3. The predicted octanol–water partition coefficient (Wildman–Crippen LogP) is 5.52. The first-order valence-corrected chi connectivity index (χ1v) is 9.40. The molecule has 1 atom stereocenters. The van der Waals surface area contributed by atoms with Crippen LogP contribution < -0.4 is 4.90 Å². The minimum Gasteiger partial charge on any atom is -0.294 e. The third-order valence-electron chi connectivity index (χ3n) is 4.98. The highest BCUT2D eigenvalue weighted by molar-refractivity contribution is 6.35. The lowest BCUT2D eigenvalue weighted by Gasteiger charge is -2.38. The fourth-order valence-electron chi connectivity index (χ4n) is 3.93. The van der Waals surface area contributed by atoms with Crippen molar-refractivity contribution in [2.45, 2.75) is 31.6 Å². The SMILES string of the molecule is O=C1CCCC2=C1C(c1ccccc1)CC(=O)N2c1cc(Cl)cc(Cl)c1. The molecule has 0 N–H and O–H groups in total. The minimum absolute atomic E-state index is 0.0364. The molecule has 0 saturated heterocycles. The highest BCUT2D eigenvalue weighted by Gasteiger charge is 2.39. The van der Waals surface area contributed by atoms with Crippen LogP contribution in [0.4, 0.5) is 5.69 Å². The number of nitrogens with zero attached hydrogens (tertiary/aromatic N) is 1. The van der Waals surface area contributed by atoms with Gasteiger partial charge in [0, 0.05) is 40.1 Å². The summed E-state index contributed by atoms with van der Waals surface area (Å²) < 4.78 is 0. The van der Waals surface area contributed by atoms with Gasteiger partial charge in [0.2, 0.25) is 5.91 Å². The number of carbonyl (C=O) groups is 2. The molecule has 1 heterocycles. The maximum absolute atomic E-state index is 13.1. The van der Waals surface area contributed by atoms with E-state index in [0.717, 1.165) is 23.3 Å². The van der Waals surface area contributed by atoms with Gasteiger partial charge in [-0.2, -0.15) is 0 Å². The number of benzene rings is 2. The van der Waals surface area contributed by atoms with E-state index in [1.165, 1.54) is 0 Å². The van der Waals surface area contributed by atoms with E-state index in [0.29, 0.717) is 28.6 Å². The fourth-order valence-corrected chi connectivity index (χ4v) is 4.45. The van der Waals surface area contributed by atoms with Crippen LogP contribution in [-0.4, -0.2) is 11.7 Å². The number of halogens is 2. The van der Waals surface area contributed by atoms with Crippen LogP contribution in [0.25, 0.3) is 0 Å². The van der Waals surface area contributed by atoms with Crippen LogP contribution >= 0.6 is 23.2 Å². The van der Waals surface area contributed by atoms with E-state index in [1.807, 2.05) is 30.3 Å². The molecular weight excluding hydrogens is 369 g/mol. The smallest absolute Gasteiger partial charge is 0.232 e. The van der Waals surface area contributed by atoms with Gasteiger partial charge in [0.25, 0.3) is 0 Å². The van der Waals surface area contributed by atoms with Gasteiger partial charge in [-0.05, 0) is 36.6 Å². The molecule has 2 aliphatic rings. The zero-order chi connectivity index (χ0) is 18.3. The van der Waals surface area contributed by atoms with Gasteiger partial charge in [0.1, 0.15) is 0 Å². The molecule has 3 nitrogen and oxygen atoms in total. The number of anilines is 1. The normalized spacial score (nSPS) is 20.4. The Morgan fingerprint density at radius 2 is 1.62 bits per heavy atom. The van der Waals surface area contributed by atoms with Gasteiger partial charge in [0.05, 0.1) is 5.69 Å². The summed E-state index contributed by atoms with van der Waals surface area (Å²) in [4.78, 5) is 27.5. The Bertz CT molecular complexity index is 901. The van der Waals surface area contributed by atoms with Crippen LogP contribution in [0.1, 0.15) is 37.2 Å². The van der Waals surface area contributed by atoms with Crippen LogP contribution in [0, 0.1) is 0 Å². The molecule has 1 amide bonds. The standard InChI is InChI=1S/C21H17Cl2NO2/c22-14-9-15(23)11-16(10-14)24-18-7-4-8-19(25)21(18)17(12-20(24)26)13-5-2-1-3-6-13/h1-3,5-6,9-11,17H,4,7-8,12H2. The van der Waals surface area contributed by atoms with Gasteiger partial charge < -0.3 is 0 Å². The van der Waals surface area contributed by atoms with E-state index in [-0.39, 0.29) is 24.0 Å². The Kier molecular flexibility index (Phi) is 4.60. The van der Waals surface area contributed by atoms with Crippen LogP contribution in [0.5, 0.6) is 0 Å². The molecule has 5 heteroatoms. The molecule has 2 aromatic rings. The summed E-state index contributed by atoms with van der Waals surface area (Å²) in [6, 6.07) is 14.9. The highest BCUT2D eigenvalue weighted by atomic mass is 35.5. The third-order valence-corrected chi connectivity index (χ3v) is 5.42. The quantitative estimate of drug-likeness (QED) is 0.682. The molecule has 132 valence electrons. The van der Waals surface area contributed by atoms with Crippen molar-refractivity contribution in [1.29, 1.82) is 0 Å². The van der Waals surface area contributed by atoms with Crippen molar-refractivity contribution in [3.8, 4) is 0 Å². The molecular formula is C21H17Cl2NO2. The van der Waals surface area contributed by atoms with Gasteiger partial charge in [-0.15, -0.1) is 0 Å². The monoisotopic (exact) mass is 385 g/mol. The number of amides is 1. The van der Waals surface area contributed by atoms with Gasteiger partial charge in [0.15, 0.2) is 5.78 Å². The number of Topliss-reactive ketones (excluding diaryl/α,β-unsaturated/α-hetero) is 1. The molecule has 0 saturated carbocycles. The van der Waals surface area contributed by atoms with Gasteiger partial charge >= 0.3 is 0 Å². The number of carbonyl (C=O) groups excluding carboxylic acids is 2. The summed E-state index contributed by atoms with van der Waals surface area (Å²) in [6.07, 6.45) is 2.23. The van der Waals surface area contributed by atoms with E-state index in [4.69, 9.17) is 23.2 Å². The third kappa shape index (κ3) is 3.06. The Morgan fingerprint density at radius 1 is 0.923 bits per heavy atom. The number of ketones is 1. The topological polar surface area (TPSA) is 37.4 Å². The van der Waals surface area contributed by atoms with Crippen molar-refractivity contribution in [1.82, 2.24) is 0 Å². The molecule has 2 aromatic carbocycles. The molecule has 1 aliphatic carbocycles. The summed E-state index contributed by atoms with van der Waals surface area (Å²) in [5, 5.41) is 0.935. The summed E-state index contributed by atoms with van der Waals surface area (Å²) in [7, 11) is 0. The van der Waals surface area contributed by atoms with E-state index in [9.17, 15) is 9.59 Å². The molecule has 0 aromatic heterocycles. The number of hydrogen-bond acceptors (Lipinski definition) is 2. The van der Waals surface area contributed by atoms with E-state index >= 15 is 0 Å². The van der Waals surface area contributed by atoms with E-state index in [2.05, 4.69) is 0 Å². The first-order valence-electron chi connectivity index (χ1n) is 8.65. The van der Waals surface area contributed by atoms with Crippen molar-refractivity contribution in [3.63, 3.8) is 0 Å². The average Bonchev–Trinajstić information content (AvgIpc) is 2.61. The Labute approximate surface area is 162 Å². The number of hydrogen-bond donors (Lipinski definition) is 0. The number of rotatable bonds is 2. The van der Waals surface area contributed by atoms with Crippen LogP contribution in [0.2, 0.25) is 10.0 Å². The maximum Gasteiger partial charge on any atom is 0.232 e. The number of allylic oxidation sites excluding steroid dienone is 2. The Balaban J connectivity index is 1.88. The van der Waals surface area contributed by atoms with Crippen molar-refractivity contribution in [2.24, 2.45) is 0 Å². The molecule has 26 heavy (non-hydrogen) atoms. The van der Waals surface area contributed by atoms with E-state index in [1.54, 1.807) is 23.1 Å². The second-order valence-electron chi connectivity index (χ2n) is 6.66. The molecule has 0 radical (unpaired) electrons. The van der Waals surface area contributed by atoms with Crippen LogP contribution in [-0.2, 0) is 9.59 Å². The summed E-state index contributed by atoms with van der Waals surface area (Å²) in [5.41, 5.74) is 3.19. The maximum atomic E-state index is 13.1. The molecule has 1 unspecified atom stereocenters. The Hall–Kier alpha value is -2.10. The van der Waals surface area contributed by atoms with Crippen LogP contribution in [0.3, 0.4) is 0 Å². The van der Waals surface area contributed by atoms with Crippen molar-refractivity contribution >= 4 is 40.6 Å². The molecule has 0 spiro atoms. The lowest BCUT2D eigenvalue weighted by molar-refractivity contribution is -0.119. The molecule has 1 aliphatic heterocycles. The lowest BCUT2D eigenvalue weighted by atomic mass is 9.77. The first-order chi connectivity index (χ1) is 12.5. The second kappa shape index (κ2) is 6.90. The predicted molar refractivity (Wildman–Crippen MR) is 104 cm³/mol. The molecule has 0 fully saturated rings. The average molecular weight is 386 g/mol. The molecule has 4 rings (SSSR count). The summed E-state index contributed by atoms with van der Waals surface area (Å²) in [5.74, 6) is -0.0891. The van der Waals surface area contributed by atoms with Crippen molar-refractivity contribution < 1.29 is 9.59 Å². The van der Waals surface area contributed by atoms with Gasteiger partial charge in [-0.25, -0.2) is 0 Å². The van der Waals surface area contributed by atoms with Gasteiger partial charge in [-0.1, -0.05) is 53.5 Å². The van der Waals surface area contributed by atoms with Crippen molar-refractivity contribution in [2.75, 3.05) is 4.90 Å².